The Bertz CT molecular complexity index is 683. The van der Waals surface area contributed by atoms with Gasteiger partial charge in [-0.05, 0) is 31.8 Å². The molecule has 0 saturated carbocycles. The fourth-order valence-electron chi connectivity index (χ4n) is 2.76. The Morgan fingerprint density at radius 2 is 2.04 bits per heavy atom. The zero-order valence-electron chi connectivity index (χ0n) is 16.2. The molecule has 0 spiro atoms. The number of benzene rings is 1. The van der Waals surface area contributed by atoms with Crippen LogP contribution in [0.15, 0.2) is 41.5 Å². The van der Waals surface area contributed by atoms with Gasteiger partial charge in [0.15, 0.2) is 5.96 Å². The minimum absolute atomic E-state index is 0.556. The van der Waals surface area contributed by atoms with E-state index in [-0.39, 0.29) is 0 Å². The summed E-state index contributed by atoms with van der Waals surface area (Å²) in [5, 5.41) is 9.06. The average molecular weight is 358 g/mol. The van der Waals surface area contributed by atoms with E-state index in [1.54, 1.807) is 7.11 Å². The van der Waals surface area contributed by atoms with E-state index in [9.17, 15) is 0 Å². The maximum absolute atomic E-state index is 5.09. The minimum Gasteiger partial charge on any atom is -0.385 e. The van der Waals surface area contributed by atoms with E-state index in [1.807, 2.05) is 24.4 Å². The SMILES string of the molecule is CCNC(=NCc1nccc2ccccc12)NCCN(C)CCCOC. The first-order chi connectivity index (χ1) is 12.7. The Kier molecular flexibility index (Phi) is 8.86. The molecule has 2 N–H and O–H groups in total. The van der Waals surface area contributed by atoms with Gasteiger partial charge < -0.3 is 20.3 Å². The maximum Gasteiger partial charge on any atom is 0.191 e. The van der Waals surface area contributed by atoms with Crippen LogP contribution in [0.5, 0.6) is 0 Å². The van der Waals surface area contributed by atoms with E-state index < -0.39 is 0 Å². The summed E-state index contributed by atoms with van der Waals surface area (Å²) in [7, 11) is 3.87. The van der Waals surface area contributed by atoms with Crippen molar-refractivity contribution in [3.05, 3.63) is 42.2 Å². The molecule has 1 aromatic carbocycles. The first-order valence-electron chi connectivity index (χ1n) is 9.27. The van der Waals surface area contributed by atoms with Crippen molar-refractivity contribution in [2.45, 2.75) is 19.9 Å². The molecule has 0 atom stereocenters. The number of fused-ring (bicyclic) bond motifs is 1. The van der Waals surface area contributed by atoms with Crippen LogP contribution in [0.2, 0.25) is 0 Å². The van der Waals surface area contributed by atoms with Gasteiger partial charge in [0.25, 0.3) is 0 Å². The van der Waals surface area contributed by atoms with Gasteiger partial charge in [0.2, 0.25) is 0 Å². The molecule has 0 radical (unpaired) electrons. The molecule has 142 valence electrons. The molecular formula is C20H31N5O. The van der Waals surface area contributed by atoms with Crippen LogP contribution >= 0.6 is 0 Å². The quantitative estimate of drug-likeness (QED) is 0.388. The normalized spacial score (nSPS) is 11.9. The fraction of sp³-hybridized carbons (Fsp3) is 0.500. The number of guanidine groups is 1. The highest BCUT2D eigenvalue weighted by Gasteiger charge is 2.03. The van der Waals surface area contributed by atoms with Gasteiger partial charge in [0, 0.05) is 51.5 Å². The van der Waals surface area contributed by atoms with Crippen molar-refractivity contribution in [1.82, 2.24) is 20.5 Å². The van der Waals surface area contributed by atoms with Crippen LogP contribution < -0.4 is 10.6 Å². The summed E-state index contributed by atoms with van der Waals surface area (Å²) in [4.78, 5) is 11.5. The van der Waals surface area contributed by atoms with Crippen LogP contribution in [0.3, 0.4) is 0 Å². The molecule has 2 aromatic rings. The minimum atomic E-state index is 0.556. The number of aliphatic imine (C=N–C) groups is 1. The number of pyridine rings is 1. The van der Waals surface area contributed by atoms with Gasteiger partial charge in [-0.3, -0.25) is 4.98 Å². The number of hydrogen-bond acceptors (Lipinski definition) is 4. The van der Waals surface area contributed by atoms with Crippen molar-refractivity contribution in [3.8, 4) is 0 Å². The second-order valence-electron chi connectivity index (χ2n) is 6.25. The Labute approximate surface area is 156 Å². The lowest BCUT2D eigenvalue weighted by Crippen LogP contribution is -2.41. The van der Waals surface area contributed by atoms with Crippen LogP contribution in [-0.4, -0.2) is 62.8 Å². The summed E-state index contributed by atoms with van der Waals surface area (Å²) in [5.41, 5.74) is 0.997. The van der Waals surface area contributed by atoms with Gasteiger partial charge in [0.1, 0.15) is 0 Å². The first kappa shape index (κ1) is 20.1. The van der Waals surface area contributed by atoms with Gasteiger partial charge >= 0.3 is 0 Å². The molecular weight excluding hydrogens is 326 g/mol. The Balaban J connectivity index is 1.89. The lowest BCUT2D eigenvalue weighted by atomic mass is 10.1. The summed E-state index contributed by atoms with van der Waals surface area (Å²) < 4.78 is 5.09. The molecule has 0 amide bonds. The molecule has 0 unspecified atom stereocenters. The number of rotatable bonds is 10. The third-order valence-corrected chi connectivity index (χ3v) is 4.16. The highest BCUT2D eigenvalue weighted by molar-refractivity contribution is 5.85. The highest BCUT2D eigenvalue weighted by Crippen LogP contribution is 2.16. The maximum atomic E-state index is 5.09. The van der Waals surface area contributed by atoms with E-state index in [0.717, 1.165) is 56.2 Å². The largest absolute Gasteiger partial charge is 0.385 e. The van der Waals surface area contributed by atoms with Crippen molar-refractivity contribution < 1.29 is 4.74 Å². The third kappa shape index (κ3) is 6.61. The van der Waals surface area contributed by atoms with Gasteiger partial charge in [-0.25, -0.2) is 4.99 Å². The van der Waals surface area contributed by atoms with E-state index in [2.05, 4.69) is 46.6 Å². The molecule has 26 heavy (non-hydrogen) atoms. The Morgan fingerprint density at radius 3 is 2.85 bits per heavy atom. The number of methoxy groups -OCH3 is 1. The zero-order valence-corrected chi connectivity index (χ0v) is 16.2. The fourth-order valence-corrected chi connectivity index (χ4v) is 2.76. The molecule has 0 aliphatic heterocycles. The molecule has 1 heterocycles. The standard InChI is InChI=1S/C20H31N5O/c1-4-21-20(23-12-14-25(2)13-7-15-26-3)24-16-19-18-9-6-5-8-17(18)10-11-22-19/h5-6,8-11H,4,7,12-16H2,1-3H3,(H2,21,23,24). The highest BCUT2D eigenvalue weighted by atomic mass is 16.5. The monoisotopic (exact) mass is 357 g/mol. The van der Waals surface area contributed by atoms with Crippen LogP contribution in [0, 0.1) is 0 Å². The average Bonchev–Trinajstić information content (AvgIpc) is 2.66. The second kappa shape index (κ2) is 11.4. The number of ether oxygens (including phenoxy) is 1. The van der Waals surface area contributed by atoms with E-state index in [4.69, 9.17) is 9.73 Å². The van der Waals surface area contributed by atoms with Gasteiger partial charge in [0.05, 0.1) is 12.2 Å². The van der Waals surface area contributed by atoms with Crippen LogP contribution in [-0.2, 0) is 11.3 Å². The van der Waals surface area contributed by atoms with Crippen molar-refractivity contribution in [2.75, 3.05) is 46.9 Å². The predicted octanol–water partition coefficient (Wildman–Crippen LogP) is 2.26. The molecule has 2 rings (SSSR count). The third-order valence-electron chi connectivity index (χ3n) is 4.16. The van der Waals surface area contributed by atoms with E-state index in [1.165, 1.54) is 5.39 Å². The summed E-state index contributed by atoms with van der Waals surface area (Å²) in [6, 6.07) is 10.3. The number of hydrogen-bond donors (Lipinski definition) is 2. The molecule has 6 heteroatoms. The smallest absolute Gasteiger partial charge is 0.191 e. The summed E-state index contributed by atoms with van der Waals surface area (Å²) in [5.74, 6) is 0.826. The van der Waals surface area contributed by atoms with Crippen molar-refractivity contribution in [2.24, 2.45) is 4.99 Å². The lowest BCUT2D eigenvalue weighted by Gasteiger charge is -2.18. The van der Waals surface area contributed by atoms with Gasteiger partial charge in [-0.2, -0.15) is 0 Å². The molecule has 0 fully saturated rings. The summed E-state index contributed by atoms with van der Waals surface area (Å²) in [6.45, 7) is 7.10. The molecule has 0 aliphatic carbocycles. The molecule has 0 aliphatic rings. The van der Waals surface area contributed by atoms with Crippen LogP contribution in [0.1, 0.15) is 19.0 Å². The summed E-state index contributed by atoms with van der Waals surface area (Å²) in [6.07, 6.45) is 2.90. The van der Waals surface area contributed by atoms with Crippen molar-refractivity contribution in [3.63, 3.8) is 0 Å². The van der Waals surface area contributed by atoms with Gasteiger partial charge in [-0.1, -0.05) is 24.3 Å². The Morgan fingerprint density at radius 1 is 1.19 bits per heavy atom. The zero-order chi connectivity index (χ0) is 18.6. The first-order valence-corrected chi connectivity index (χ1v) is 9.27. The number of nitrogens with one attached hydrogen (secondary N) is 2. The predicted molar refractivity (Wildman–Crippen MR) is 109 cm³/mol. The number of likely N-dealkylation sites (N-methyl/N-ethyl adjacent to an activating group) is 1. The van der Waals surface area contributed by atoms with Crippen molar-refractivity contribution >= 4 is 16.7 Å². The van der Waals surface area contributed by atoms with Crippen molar-refractivity contribution in [1.29, 1.82) is 0 Å². The molecule has 1 aromatic heterocycles. The van der Waals surface area contributed by atoms with E-state index in [0.29, 0.717) is 6.54 Å². The molecule has 0 saturated heterocycles. The second-order valence-corrected chi connectivity index (χ2v) is 6.25. The van der Waals surface area contributed by atoms with E-state index >= 15 is 0 Å². The lowest BCUT2D eigenvalue weighted by molar-refractivity contribution is 0.180. The summed E-state index contributed by atoms with van der Waals surface area (Å²) >= 11 is 0. The number of nitrogens with zero attached hydrogens (tertiary/aromatic N) is 3. The molecule has 6 nitrogen and oxygen atoms in total. The topological polar surface area (TPSA) is 61.8 Å². The van der Waals surface area contributed by atoms with Crippen LogP contribution in [0.25, 0.3) is 10.8 Å². The Hall–Kier alpha value is -2.18. The number of aromatic nitrogens is 1. The molecule has 0 bridgehead atoms. The van der Waals surface area contributed by atoms with Crippen LogP contribution in [0.4, 0.5) is 0 Å². The van der Waals surface area contributed by atoms with Gasteiger partial charge in [-0.15, -0.1) is 0 Å².